The summed E-state index contributed by atoms with van der Waals surface area (Å²) in [4.78, 5) is 0. The number of likely N-dealkylation sites (tertiary alicyclic amines) is 1. The van der Waals surface area contributed by atoms with E-state index in [4.69, 9.17) is 0 Å². The highest BCUT2D eigenvalue weighted by molar-refractivity contribution is 4.67. The molecule has 1 aliphatic rings. The molecule has 74 valence electrons. The molecular formula is C10H22IN. The summed E-state index contributed by atoms with van der Waals surface area (Å²) in [6.07, 6.45) is 4.31. The Hall–Kier alpha value is 0.690. The largest absolute Gasteiger partial charge is 1.00 e. The van der Waals surface area contributed by atoms with Crippen LogP contribution in [0.4, 0.5) is 0 Å². The molecule has 1 heterocycles. The summed E-state index contributed by atoms with van der Waals surface area (Å²) in [5.41, 5.74) is 0. The topological polar surface area (TPSA) is 0 Å². The summed E-state index contributed by atoms with van der Waals surface area (Å²) in [6, 6.07) is 0.906. The molecule has 0 aromatic rings. The minimum Gasteiger partial charge on any atom is -1.00 e. The Morgan fingerprint density at radius 3 is 2.08 bits per heavy atom. The monoisotopic (exact) mass is 283 g/mol. The van der Waals surface area contributed by atoms with Gasteiger partial charge in [0.15, 0.2) is 0 Å². The SMILES string of the molecule is CC(C)C1CCCC[N+]1(C)C.[I-]. The Bertz CT molecular complexity index is 132. The first-order chi connectivity index (χ1) is 5.04. The highest BCUT2D eigenvalue weighted by Crippen LogP contribution is 2.26. The van der Waals surface area contributed by atoms with Crippen molar-refractivity contribution in [2.24, 2.45) is 5.92 Å². The Morgan fingerprint density at radius 2 is 1.75 bits per heavy atom. The van der Waals surface area contributed by atoms with Crippen LogP contribution in [0, 0.1) is 5.92 Å². The van der Waals surface area contributed by atoms with Gasteiger partial charge in [-0.2, -0.15) is 0 Å². The van der Waals surface area contributed by atoms with Crippen LogP contribution >= 0.6 is 0 Å². The van der Waals surface area contributed by atoms with Crippen molar-refractivity contribution in [2.45, 2.75) is 39.2 Å². The fourth-order valence-electron chi connectivity index (χ4n) is 2.53. The third kappa shape index (κ3) is 2.87. The molecule has 0 aromatic carbocycles. The molecule has 0 saturated carbocycles. The molecule has 1 atom stereocenters. The fourth-order valence-corrected chi connectivity index (χ4v) is 2.53. The Morgan fingerprint density at radius 1 is 1.17 bits per heavy atom. The van der Waals surface area contributed by atoms with Crippen LogP contribution in [0.15, 0.2) is 0 Å². The lowest BCUT2D eigenvalue weighted by Crippen LogP contribution is -3.00. The van der Waals surface area contributed by atoms with Crippen LogP contribution in [0.25, 0.3) is 0 Å². The second-order valence-corrected chi connectivity index (χ2v) is 4.81. The number of hydrogen-bond acceptors (Lipinski definition) is 0. The third-order valence-corrected chi connectivity index (χ3v) is 3.15. The van der Waals surface area contributed by atoms with Crippen LogP contribution < -0.4 is 24.0 Å². The van der Waals surface area contributed by atoms with E-state index >= 15 is 0 Å². The van der Waals surface area contributed by atoms with Crippen LogP contribution in [-0.2, 0) is 0 Å². The van der Waals surface area contributed by atoms with E-state index in [0.29, 0.717) is 0 Å². The molecule has 1 nitrogen and oxygen atoms in total. The van der Waals surface area contributed by atoms with Gasteiger partial charge in [0.05, 0.1) is 26.7 Å². The molecule has 1 fully saturated rings. The van der Waals surface area contributed by atoms with E-state index < -0.39 is 0 Å². The summed E-state index contributed by atoms with van der Waals surface area (Å²) < 4.78 is 1.25. The van der Waals surface area contributed by atoms with Crippen LogP contribution in [-0.4, -0.2) is 31.2 Å². The summed E-state index contributed by atoms with van der Waals surface area (Å²) in [5.74, 6) is 0.852. The summed E-state index contributed by atoms with van der Waals surface area (Å²) in [6.45, 7) is 6.09. The lowest BCUT2D eigenvalue weighted by molar-refractivity contribution is -0.923. The van der Waals surface area contributed by atoms with Gasteiger partial charge in [-0.25, -0.2) is 0 Å². The minimum absolute atomic E-state index is 0. The second-order valence-electron chi connectivity index (χ2n) is 4.81. The lowest BCUT2D eigenvalue weighted by atomic mass is 9.91. The van der Waals surface area contributed by atoms with Crippen molar-refractivity contribution in [2.75, 3.05) is 20.6 Å². The molecule has 1 rings (SSSR count). The molecule has 0 aliphatic carbocycles. The Kier molecular flexibility index (Phi) is 5.07. The van der Waals surface area contributed by atoms with Gasteiger partial charge < -0.3 is 28.5 Å². The molecule has 1 unspecified atom stereocenters. The predicted molar refractivity (Wildman–Crippen MR) is 49.5 cm³/mol. The zero-order valence-electron chi connectivity index (χ0n) is 8.81. The van der Waals surface area contributed by atoms with Crippen molar-refractivity contribution in [3.8, 4) is 0 Å². The molecule has 12 heavy (non-hydrogen) atoms. The van der Waals surface area contributed by atoms with E-state index in [1.807, 2.05) is 0 Å². The Labute approximate surface area is 94.1 Å². The van der Waals surface area contributed by atoms with E-state index in [9.17, 15) is 0 Å². The van der Waals surface area contributed by atoms with E-state index in [1.165, 1.54) is 30.3 Å². The van der Waals surface area contributed by atoms with Gasteiger partial charge in [-0.15, -0.1) is 0 Å². The maximum absolute atomic E-state index is 2.38. The number of quaternary nitrogens is 1. The lowest BCUT2D eigenvalue weighted by Gasteiger charge is -2.43. The molecule has 0 aromatic heterocycles. The number of hydrogen-bond donors (Lipinski definition) is 0. The third-order valence-electron chi connectivity index (χ3n) is 3.15. The molecule has 2 heteroatoms. The van der Waals surface area contributed by atoms with Gasteiger partial charge >= 0.3 is 0 Å². The highest BCUT2D eigenvalue weighted by Gasteiger charge is 2.33. The average molecular weight is 283 g/mol. The number of halogens is 1. The van der Waals surface area contributed by atoms with E-state index in [0.717, 1.165) is 12.0 Å². The second kappa shape index (κ2) is 4.80. The smallest absolute Gasteiger partial charge is 0.0909 e. The number of nitrogens with zero attached hydrogens (tertiary/aromatic N) is 1. The molecular weight excluding hydrogens is 261 g/mol. The first-order valence-corrected chi connectivity index (χ1v) is 4.87. The van der Waals surface area contributed by atoms with Crippen LogP contribution in [0.1, 0.15) is 33.1 Å². The summed E-state index contributed by atoms with van der Waals surface area (Å²) in [7, 11) is 4.76. The van der Waals surface area contributed by atoms with Crippen molar-refractivity contribution in [3.63, 3.8) is 0 Å². The maximum Gasteiger partial charge on any atom is 0.0909 e. The predicted octanol–water partition coefficient (Wildman–Crippen LogP) is -0.725. The van der Waals surface area contributed by atoms with E-state index in [1.54, 1.807) is 0 Å². The fraction of sp³-hybridized carbons (Fsp3) is 1.00. The summed E-state index contributed by atoms with van der Waals surface area (Å²) >= 11 is 0. The van der Waals surface area contributed by atoms with E-state index in [2.05, 4.69) is 27.9 Å². The van der Waals surface area contributed by atoms with Crippen molar-refractivity contribution < 1.29 is 28.5 Å². The first kappa shape index (κ1) is 12.7. The molecule has 0 amide bonds. The van der Waals surface area contributed by atoms with Gasteiger partial charge in [-0.05, 0) is 19.3 Å². The van der Waals surface area contributed by atoms with Crippen molar-refractivity contribution >= 4 is 0 Å². The van der Waals surface area contributed by atoms with Crippen molar-refractivity contribution in [3.05, 3.63) is 0 Å². The molecule has 0 spiro atoms. The average Bonchev–Trinajstić information content (AvgIpc) is 1.85. The molecule has 1 aliphatic heterocycles. The van der Waals surface area contributed by atoms with Crippen LogP contribution in [0.3, 0.4) is 0 Å². The maximum atomic E-state index is 2.38. The highest BCUT2D eigenvalue weighted by atomic mass is 127. The molecule has 1 saturated heterocycles. The summed E-state index contributed by atoms with van der Waals surface area (Å²) in [5, 5.41) is 0. The van der Waals surface area contributed by atoms with Gasteiger partial charge in [-0.3, -0.25) is 0 Å². The number of rotatable bonds is 1. The quantitative estimate of drug-likeness (QED) is 0.440. The van der Waals surface area contributed by atoms with Crippen LogP contribution in [0.5, 0.6) is 0 Å². The number of piperidine rings is 1. The standard InChI is InChI=1S/C10H22N.HI/c1-9(2)10-7-5-6-8-11(10,3)4;/h9-10H,5-8H2,1-4H3;1H/q+1;/p-1. The van der Waals surface area contributed by atoms with Gasteiger partial charge in [0.25, 0.3) is 0 Å². The first-order valence-electron chi connectivity index (χ1n) is 4.87. The zero-order valence-corrected chi connectivity index (χ0v) is 11.0. The van der Waals surface area contributed by atoms with Crippen molar-refractivity contribution in [1.29, 1.82) is 0 Å². The molecule has 0 N–H and O–H groups in total. The zero-order chi connectivity index (χ0) is 8.48. The van der Waals surface area contributed by atoms with Gasteiger partial charge in [-0.1, -0.05) is 13.8 Å². The van der Waals surface area contributed by atoms with Crippen LogP contribution in [0.2, 0.25) is 0 Å². The normalized spacial score (nSPS) is 28.2. The minimum atomic E-state index is 0. The van der Waals surface area contributed by atoms with Gasteiger partial charge in [0, 0.05) is 5.92 Å². The van der Waals surface area contributed by atoms with Crippen molar-refractivity contribution in [1.82, 2.24) is 0 Å². The molecule has 0 radical (unpaired) electrons. The van der Waals surface area contributed by atoms with E-state index in [-0.39, 0.29) is 24.0 Å². The van der Waals surface area contributed by atoms with Gasteiger partial charge in [0.2, 0.25) is 0 Å². The van der Waals surface area contributed by atoms with Gasteiger partial charge in [0.1, 0.15) is 0 Å². The molecule has 0 bridgehead atoms. The Balaban J connectivity index is 0.00000121.